The second-order valence-electron chi connectivity index (χ2n) is 7.40. The minimum absolute atomic E-state index is 0.00999. The molecule has 0 unspecified atom stereocenters. The molecule has 0 saturated carbocycles. The Morgan fingerprint density at radius 1 is 0.893 bits per heavy atom. The Kier molecular flexibility index (Phi) is 5.95. The molecule has 28 heavy (non-hydrogen) atoms. The van der Waals surface area contributed by atoms with Crippen LogP contribution in [-0.4, -0.2) is 60.0 Å². The van der Waals surface area contributed by atoms with E-state index < -0.39 is 0 Å². The topological polar surface area (TPSA) is 52.6 Å². The lowest BCUT2D eigenvalue weighted by atomic mass is 10.2. The van der Waals surface area contributed by atoms with Gasteiger partial charge in [-0.2, -0.15) is 0 Å². The van der Waals surface area contributed by atoms with Gasteiger partial charge in [0.25, 0.3) is 5.91 Å². The van der Waals surface area contributed by atoms with Crippen molar-refractivity contribution in [3.05, 3.63) is 47.2 Å². The van der Waals surface area contributed by atoms with Crippen LogP contribution in [-0.2, 0) is 0 Å². The van der Waals surface area contributed by atoms with Crippen LogP contribution in [0.4, 0.5) is 11.6 Å². The van der Waals surface area contributed by atoms with Gasteiger partial charge in [0.05, 0.1) is 0 Å². The highest BCUT2D eigenvalue weighted by Crippen LogP contribution is 2.21. The Labute approximate surface area is 171 Å². The number of amides is 1. The standard InChI is InChI=1S/C21H26ClN5O/c22-17-6-5-7-18(16-17)25-12-14-26(15-13-25)20(28)19-8-9-23-21(24-19)27-10-3-1-2-4-11-27/h5-9,16H,1-4,10-15H2. The number of piperazine rings is 1. The fourth-order valence-corrected chi connectivity index (χ4v) is 4.08. The van der Waals surface area contributed by atoms with Crippen molar-refractivity contribution in [1.29, 1.82) is 0 Å². The Balaban J connectivity index is 1.40. The lowest BCUT2D eigenvalue weighted by Gasteiger charge is -2.36. The summed E-state index contributed by atoms with van der Waals surface area (Å²) in [5.74, 6) is 0.675. The molecule has 148 valence electrons. The van der Waals surface area contributed by atoms with Crippen molar-refractivity contribution in [2.75, 3.05) is 49.1 Å². The summed E-state index contributed by atoms with van der Waals surface area (Å²) in [6.07, 6.45) is 6.54. The number of carbonyl (C=O) groups is 1. The largest absolute Gasteiger partial charge is 0.368 e. The van der Waals surface area contributed by atoms with E-state index in [1.165, 1.54) is 12.8 Å². The molecular weight excluding hydrogens is 374 g/mol. The fourth-order valence-electron chi connectivity index (χ4n) is 3.89. The zero-order valence-electron chi connectivity index (χ0n) is 16.1. The average Bonchev–Trinajstić information content (AvgIpc) is 3.03. The fraction of sp³-hybridized carbons (Fsp3) is 0.476. The molecule has 3 heterocycles. The number of benzene rings is 1. The van der Waals surface area contributed by atoms with E-state index in [2.05, 4.69) is 25.8 Å². The number of hydrogen-bond donors (Lipinski definition) is 0. The van der Waals surface area contributed by atoms with E-state index in [0.29, 0.717) is 24.7 Å². The normalized spacial score (nSPS) is 18.1. The molecule has 4 rings (SSSR count). The molecule has 7 heteroatoms. The van der Waals surface area contributed by atoms with E-state index in [-0.39, 0.29) is 5.91 Å². The molecule has 1 amide bonds. The lowest BCUT2D eigenvalue weighted by molar-refractivity contribution is 0.0740. The van der Waals surface area contributed by atoms with Crippen LogP contribution in [0.1, 0.15) is 36.2 Å². The molecule has 1 aromatic carbocycles. The van der Waals surface area contributed by atoms with Crippen LogP contribution in [0.2, 0.25) is 5.02 Å². The van der Waals surface area contributed by atoms with Gasteiger partial charge in [0.1, 0.15) is 5.69 Å². The number of carbonyl (C=O) groups excluding carboxylic acids is 1. The molecule has 2 aliphatic heterocycles. The van der Waals surface area contributed by atoms with Gasteiger partial charge in [-0.3, -0.25) is 4.79 Å². The Morgan fingerprint density at radius 3 is 2.36 bits per heavy atom. The van der Waals surface area contributed by atoms with Gasteiger partial charge >= 0.3 is 0 Å². The van der Waals surface area contributed by atoms with Gasteiger partial charge in [-0.25, -0.2) is 9.97 Å². The summed E-state index contributed by atoms with van der Waals surface area (Å²) < 4.78 is 0. The van der Waals surface area contributed by atoms with Crippen LogP contribution >= 0.6 is 11.6 Å². The van der Waals surface area contributed by atoms with Crippen molar-refractivity contribution >= 4 is 29.1 Å². The maximum atomic E-state index is 13.0. The van der Waals surface area contributed by atoms with Gasteiger partial charge in [0.2, 0.25) is 5.95 Å². The summed E-state index contributed by atoms with van der Waals surface area (Å²) in [5.41, 5.74) is 1.59. The first-order chi connectivity index (χ1) is 13.7. The minimum atomic E-state index is -0.00999. The highest BCUT2D eigenvalue weighted by molar-refractivity contribution is 6.30. The van der Waals surface area contributed by atoms with E-state index >= 15 is 0 Å². The van der Waals surface area contributed by atoms with Crippen LogP contribution in [0, 0.1) is 0 Å². The quantitative estimate of drug-likeness (QED) is 0.790. The zero-order valence-corrected chi connectivity index (χ0v) is 16.8. The van der Waals surface area contributed by atoms with E-state index in [0.717, 1.165) is 49.7 Å². The third-order valence-electron chi connectivity index (χ3n) is 5.49. The molecule has 2 aliphatic rings. The number of aromatic nitrogens is 2. The predicted octanol–water partition coefficient (Wildman–Crippen LogP) is 3.47. The average molecular weight is 400 g/mol. The second kappa shape index (κ2) is 8.78. The SMILES string of the molecule is O=C(c1ccnc(N2CCCCCC2)n1)N1CCN(c2cccc(Cl)c2)CC1. The maximum Gasteiger partial charge on any atom is 0.272 e. The first-order valence-corrected chi connectivity index (χ1v) is 10.5. The van der Waals surface area contributed by atoms with Crippen LogP contribution in [0.25, 0.3) is 0 Å². The monoisotopic (exact) mass is 399 g/mol. The third kappa shape index (κ3) is 4.38. The summed E-state index contributed by atoms with van der Waals surface area (Å²) >= 11 is 6.10. The maximum absolute atomic E-state index is 13.0. The number of anilines is 2. The highest BCUT2D eigenvalue weighted by Gasteiger charge is 2.24. The minimum Gasteiger partial charge on any atom is -0.368 e. The van der Waals surface area contributed by atoms with Crippen molar-refractivity contribution < 1.29 is 4.79 Å². The Morgan fingerprint density at radius 2 is 1.64 bits per heavy atom. The molecule has 2 fully saturated rings. The summed E-state index contributed by atoms with van der Waals surface area (Å²) in [7, 11) is 0. The van der Waals surface area contributed by atoms with Crippen LogP contribution < -0.4 is 9.80 Å². The predicted molar refractivity (Wildman–Crippen MR) is 112 cm³/mol. The van der Waals surface area contributed by atoms with E-state index in [1.54, 1.807) is 12.3 Å². The van der Waals surface area contributed by atoms with E-state index in [1.807, 2.05) is 23.1 Å². The molecule has 0 N–H and O–H groups in total. The summed E-state index contributed by atoms with van der Waals surface area (Å²) in [6, 6.07) is 9.59. The van der Waals surface area contributed by atoms with Gasteiger partial charge in [-0.15, -0.1) is 0 Å². The van der Waals surface area contributed by atoms with E-state index in [4.69, 9.17) is 11.6 Å². The summed E-state index contributed by atoms with van der Waals surface area (Å²) in [5, 5.41) is 0.734. The summed E-state index contributed by atoms with van der Waals surface area (Å²) in [4.78, 5) is 28.3. The van der Waals surface area contributed by atoms with Crippen molar-refractivity contribution in [1.82, 2.24) is 14.9 Å². The van der Waals surface area contributed by atoms with Gasteiger partial charge < -0.3 is 14.7 Å². The van der Waals surface area contributed by atoms with Crippen molar-refractivity contribution in [2.24, 2.45) is 0 Å². The van der Waals surface area contributed by atoms with Gasteiger partial charge in [0.15, 0.2) is 0 Å². The highest BCUT2D eigenvalue weighted by atomic mass is 35.5. The number of hydrogen-bond acceptors (Lipinski definition) is 5. The Bertz CT molecular complexity index is 814. The number of halogens is 1. The molecule has 0 bridgehead atoms. The number of nitrogens with zero attached hydrogens (tertiary/aromatic N) is 5. The molecule has 2 aromatic rings. The van der Waals surface area contributed by atoms with Crippen LogP contribution in [0.5, 0.6) is 0 Å². The van der Waals surface area contributed by atoms with Gasteiger partial charge in [-0.1, -0.05) is 30.5 Å². The third-order valence-corrected chi connectivity index (χ3v) is 5.73. The van der Waals surface area contributed by atoms with Crippen LogP contribution in [0.3, 0.4) is 0 Å². The molecule has 0 spiro atoms. The van der Waals surface area contributed by atoms with Crippen molar-refractivity contribution in [2.45, 2.75) is 25.7 Å². The first kappa shape index (κ1) is 19.0. The lowest BCUT2D eigenvalue weighted by Crippen LogP contribution is -2.49. The van der Waals surface area contributed by atoms with Gasteiger partial charge in [-0.05, 0) is 37.1 Å². The summed E-state index contributed by atoms with van der Waals surface area (Å²) in [6.45, 7) is 4.86. The smallest absolute Gasteiger partial charge is 0.272 e. The zero-order chi connectivity index (χ0) is 19.3. The molecule has 0 radical (unpaired) electrons. The second-order valence-corrected chi connectivity index (χ2v) is 7.84. The Hall–Kier alpha value is -2.34. The van der Waals surface area contributed by atoms with Crippen molar-refractivity contribution in [3.63, 3.8) is 0 Å². The molecule has 1 aromatic heterocycles. The van der Waals surface area contributed by atoms with Crippen molar-refractivity contribution in [3.8, 4) is 0 Å². The molecular formula is C21H26ClN5O. The molecule has 6 nitrogen and oxygen atoms in total. The van der Waals surface area contributed by atoms with Crippen LogP contribution in [0.15, 0.2) is 36.5 Å². The molecule has 0 aliphatic carbocycles. The van der Waals surface area contributed by atoms with Gasteiger partial charge in [0, 0.05) is 56.2 Å². The molecule has 2 saturated heterocycles. The number of rotatable bonds is 3. The molecule has 0 atom stereocenters. The first-order valence-electron chi connectivity index (χ1n) is 10.1. The van der Waals surface area contributed by atoms with E-state index in [9.17, 15) is 4.79 Å².